The maximum Gasteiger partial charge on any atom is 0.231 e. The van der Waals surface area contributed by atoms with E-state index >= 15 is 0 Å². The molecule has 1 N–H and O–H groups in total. The second-order valence-corrected chi connectivity index (χ2v) is 3.71. The summed E-state index contributed by atoms with van der Waals surface area (Å²) in [5, 5.41) is 3.18. The highest BCUT2D eigenvalue weighted by molar-refractivity contribution is 5.84. The Hall–Kier alpha value is -0.570. The lowest BCUT2D eigenvalue weighted by Crippen LogP contribution is -2.63. The van der Waals surface area contributed by atoms with Crippen LogP contribution in [0.25, 0.3) is 0 Å². The lowest BCUT2D eigenvalue weighted by molar-refractivity contribution is -0.148. The molecule has 62 valence electrons. The minimum Gasteiger partial charge on any atom is -0.345 e. The fourth-order valence-corrected chi connectivity index (χ4v) is 2.02. The Balaban J connectivity index is 2.14. The van der Waals surface area contributed by atoms with E-state index in [4.69, 9.17) is 0 Å². The highest BCUT2D eigenvalue weighted by Crippen LogP contribution is 2.33. The molecule has 1 spiro atoms. The first-order chi connectivity index (χ1) is 5.25. The Morgan fingerprint density at radius 3 is 2.73 bits per heavy atom. The van der Waals surface area contributed by atoms with Crippen molar-refractivity contribution in [1.29, 1.82) is 0 Å². The van der Waals surface area contributed by atoms with Gasteiger partial charge in [-0.1, -0.05) is 0 Å². The van der Waals surface area contributed by atoms with E-state index in [1.807, 2.05) is 11.9 Å². The van der Waals surface area contributed by atoms with Gasteiger partial charge in [0, 0.05) is 26.7 Å². The minimum atomic E-state index is 0.00694. The predicted molar refractivity (Wildman–Crippen MR) is 42.2 cm³/mol. The lowest BCUT2D eigenvalue weighted by Gasteiger charge is -2.46. The van der Waals surface area contributed by atoms with Crippen LogP contribution in [-0.2, 0) is 4.79 Å². The zero-order valence-corrected chi connectivity index (χ0v) is 6.89. The second kappa shape index (κ2) is 2.21. The molecule has 3 heteroatoms. The van der Waals surface area contributed by atoms with Crippen LogP contribution in [0.15, 0.2) is 0 Å². The van der Waals surface area contributed by atoms with Crippen LogP contribution >= 0.6 is 0 Å². The van der Waals surface area contributed by atoms with Crippen LogP contribution in [0, 0.1) is 5.41 Å². The molecule has 0 radical (unpaired) electrons. The van der Waals surface area contributed by atoms with E-state index in [1.54, 1.807) is 0 Å². The number of rotatable bonds is 0. The summed E-state index contributed by atoms with van der Waals surface area (Å²) in [5.41, 5.74) is 0.00694. The quantitative estimate of drug-likeness (QED) is 0.525. The molecule has 0 bridgehead atoms. The number of hydrogen-bond acceptors (Lipinski definition) is 2. The number of likely N-dealkylation sites (tertiary alicyclic amines) is 1. The molecule has 0 aromatic rings. The molecule has 2 fully saturated rings. The summed E-state index contributed by atoms with van der Waals surface area (Å²) in [7, 11) is 1.90. The molecule has 0 atom stereocenters. The minimum absolute atomic E-state index is 0.00694. The molecule has 0 aromatic heterocycles. The average Bonchev–Trinajstić information content (AvgIpc) is 1.91. The third kappa shape index (κ3) is 0.872. The van der Waals surface area contributed by atoms with Crippen LogP contribution < -0.4 is 5.32 Å². The van der Waals surface area contributed by atoms with Crippen LogP contribution in [0.2, 0.25) is 0 Å². The van der Waals surface area contributed by atoms with Gasteiger partial charge >= 0.3 is 0 Å². The topological polar surface area (TPSA) is 32.3 Å². The Bertz CT molecular complexity index is 187. The van der Waals surface area contributed by atoms with Crippen molar-refractivity contribution in [2.75, 3.05) is 26.7 Å². The fourth-order valence-electron chi connectivity index (χ4n) is 2.02. The van der Waals surface area contributed by atoms with Crippen molar-refractivity contribution in [3.8, 4) is 0 Å². The van der Waals surface area contributed by atoms with Crippen LogP contribution in [0.3, 0.4) is 0 Å². The number of nitrogens with one attached hydrogen (secondary N) is 1. The number of amides is 1. The molecule has 2 saturated heterocycles. The molecule has 2 aliphatic rings. The van der Waals surface area contributed by atoms with Gasteiger partial charge in [-0.15, -0.1) is 0 Å². The Kier molecular flexibility index (Phi) is 1.42. The largest absolute Gasteiger partial charge is 0.345 e. The monoisotopic (exact) mass is 154 g/mol. The van der Waals surface area contributed by atoms with Crippen LogP contribution in [0.5, 0.6) is 0 Å². The van der Waals surface area contributed by atoms with Gasteiger partial charge in [-0.25, -0.2) is 0 Å². The van der Waals surface area contributed by atoms with Crippen molar-refractivity contribution in [1.82, 2.24) is 10.2 Å². The summed E-state index contributed by atoms with van der Waals surface area (Å²) in [6, 6.07) is 0. The highest BCUT2D eigenvalue weighted by atomic mass is 16.2. The maximum absolute atomic E-state index is 11.6. The molecule has 0 aliphatic carbocycles. The van der Waals surface area contributed by atoms with Crippen LogP contribution in [-0.4, -0.2) is 37.5 Å². The van der Waals surface area contributed by atoms with E-state index in [0.29, 0.717) is 5.91 Å². The molecule has 0 aromatic carbocycles. The lowest BCUT2D eigenvalue weighted by atomic mass is 9.74. The van der Waals surface area contributed by atoms with Crippen molar-refractivity contribution >= 4 is 5.91 Å². The number of hydrogen-bond donors (Lipinski definition) is 1. The number of piperidine rings is 1. The van der Waals surface area contributed by atoms with Gasteiger partial charge in [-0.2, -0.15) is 0 Å². The zero-order valence-electron chi connectivity index (χ0n) is 6.89. The summed E-state index contributed by atoms with van der Waals surface area (Å²) in [4.78, 5) is 13.5. The van der Waals surface area contributed by atoms with Gasteiger partial charge < -0.3 is 10.2 Å². The molecular weight excluding hydrogens is 140 g/mol. The number of carbonyl (C=O) groups excluding carboxylic acids is 1. The Morgan fingerprint density at radius 2 is 2.27 bits per heavy atom. The fraction of sp³-hybridized carbons (Fsp3) is 0.875. The van der Waals surface area contributed by atoms with Gasteiger partial charge in [-0.05, 0) is 12.8 Å². The smallest absolute Gasteiger partial charge is 0.231 e. The first-order valence-electron chi connectivity index (χ1n) is 4.21. The van der Waals surface area contributed by atoms with Crippen molar-refractivity contribution < 1.29 is 4.79 Å². The first-order valence-corrected chi connectivity index (χ1v) is 4.21. The molecule has 0 unspecified atom stereocenters. The summed E-state index contributed by atoms with van der Waals surface area (Å²) in [6.07, 6.45) is 2.26. The first kappa shape index (κ1) is 7.10. The van der Waals surface area contributed by atoms with Gasteiger partial charge in [-0.3, -0.25) is 4.79 Å². The molecule has 11 heavy (non-hydrogen) atoms. The van der Waals surface area contributed by atoms with Crippen LogP contribution in [0.1, 0.15) is 12.8 Å². The van der Waals surface area contributed by atoms with Crippen molar-refractivity contribution in [3.63, 3.8) is 0 Å². The van der Waals surface area contributed by atoms with Gasteiger partial charge in [0.1, 0.15) is 0 Å². The van der Waals surface area contributed by atoms with E-state index in [2.05, 4.69) is 5.32 Å². The Morgan fingerprint density at radius 1 is 1.55 bits per heavy atom. The molecule has 0 saturated carbocycles. The van der Waals surface area contributed by atoms with Gasteiger partial charge in [0.2, 0.25) is 5.91 Å². The summed E-state index contributed by atoms with van der Waals surface area (Å²) in [6.45, 7) is 2.74. The van der Waals surface area contributed by atoms with Crippen molar-refractivity contribution in [2.45, 2.75) is 12.8 Å². The summed E-state index contributed by atoms with van der Waals surface area (Å²) >= 11 is 0. The van der Waals surface area contributed by atoms with Crippen LogP contribution in [0.4, 0.5) is 0 Å². The van der Waals surface area contributed by atoms with Gasteiger partial charge in [0.05, 0.1) is 5.41 Å². The number of carbonyl (C=O) groups is 1. The second-order valence-electron chi connectivity index (χ2n) is 3.71. The van der Waals surface area contributed by atoms with Gasteiger partial charge in [0.15, 0.2) is 0 Å². The Labute approximate surface area is 66.8 Å². The highest BCUT2D eigenvalue weighted by Gasteiger charge is 2.47. The molecular formula is C8H14N2O. The molecule has 3 nitrogen and oxygen atoms in total. The zero-order chi connectivity index (χ0) is 7.90. The molecule has 2 rings (SSSR count). The predicted octanol–water partition coefficient (Wildman–Crippen LogP) is -0.172. The van der Waals surface area contributed by atoms with E-state index < -0.39 is 0 Å². The van der Waals surface area contributed by atoms with E-state index in [-0.39, 0.29) is 5.41 Å². The van der Waals surface area contributed by atoms with E-state index in [9.17, 15) is 4.79 Å². The maximum atomic E-state index is 11.6. The van der Waals surface area contributed by atoms with E-state index in [1.165, 1.54) is 6.42 Å². The number of nitrogens with zero attached hydrogens (tertiary/aromatic N) is 1. The third-order valence-corrected chi connectivity index (χ3v) is 2.88. The standard InChI is InChI=1S/C8H14N2O/c1-10-4-2-3-8(7(10)11)5-9-6-8/h9H,2-6H2,1H3. The third-order valence-electron chi connectivity index (χ3n) is 2.88. The SMILES string of the molecule is CN1CCCC2(CNC2)C1=O. The van der Waals surface area contributed by atoms with Gasteiger partial charge in [0.25, 0.3) is 0 Å². The van der Waals surface area contributed by atoms with Crippen molar-refractivity contribution in [3.05, 3.63) is 0 Å². The summed E-state index contributed by atoms with van der Waals surface area (Å²) < 4.78 is 0. The average molecular weight is 154 g/mol. The summed E-state index contributed by atoms with van der Waals surface area (Å²) in [5.74, 6) is 0.350. The van der Waals surface area contributed by atoms with E-state index in [0.717, 1.165) is 26.1 Å². The normalized spacial score (nSPS) is 28.8. The van der Waals surface area contributed by atoms with Crippen molar-refractivity contribution in [2.24, 2.45) is 5.41 Å². The molecule has 2 aliphatic heterocycles. The molecule has 2 heterocycles. The molecule has 1 amide bonds.